The van der Waals surface area contributed by atoms with Crippen molar-refractivity contribution >= 4 is 11.9 Å². The van der Waals surface area contributed by atoms with Crippen molar-refractivity contribution in [2.45, 2.75) is 12.1 Å². The normalized spacial score (nSPS) is 11.2. The summed E-state index contributed by atoms with van der Waals surface area (Å²) in [6.07, 6.45) is 4.79. The van der Waals surface area contributed by atoms with E-state index in [1.807, 2.05) is 60.7 Å². The number of methoxy groups -OCH3 is 1. The average Bonchev–Trinajstić information content (AvgIpc) is 3.44. The van der Waals surface area contributed by atoms with Gasteiger partial charge >= 0.3 is 5.97 Å². The molecule has 0 bridgehead atoms. The number of carbonyl (C=O) groups is 2. The second-order valence-corrected chi connectivity index (χ2v) is 8.58. The lowest BCUT2D eigenvalue weighted by molar-refractivity contribution is -0.144. The summed E-state index contributed by atoms with van der Waals surface area (Å²) in [7, 11) is 1.63. The Morgan fingerprint density at radius 1 is 0.946 bits per heavy atom. The van der Waals surface area contributed by atoms with Gasteiger partial charge in [-0.2, -0.15) is 0 Å². The van der Waals surface area contributed by atoms with E-state index in [4.69, 9.17) is 4.74 Å². The maximum Gasteiger partial charge on any atom is 0.323 e. The van der Waals surface area contributed by atoms with Gasteiger partial charge in [0, 0.05) is 25.5 Å². The molecule has 0 aliphatic heterocycles. The van der Waals surface area contributed by atoms with Crippen LogP contribution >= 0.6 is 0 Å². The summed E-state index contributed by atoms with van der Waals surface area (Å²) >= 11 is 0. The van der Waals surface area contributed by atoms with Gasteiger partial charge in [0.05, 0.1) is 19.0 Å². The van der Waals surface area contributed by atoms with Crippen molar-refractivity contribution in [3.8, 4) is 5.75 Å². The number of carboxylic acids is 1. The molecule has 190 valence electrons. The van der Waals surface area contributed by atoms with Crippen molar-refractivity contribution in [3.63, 3.8) is 0 Å². The second-order valence-electron chi connectivity index (χ2n) is 8.58. The fourth-order valence-corrected chi connectivity index (χ4v) is 4.49. The Labute approximate surface area is 216 Å². The molecule has 1 heterocycles. The molecule has 4 rings (SSSR count). The fraction of sp³-hybridized carbons (Fsp3) is 0.207. The Balaban J connectivity index is 1.68. The molecule has 0 fully saturated rings. The van der Waals surface area contributed by atoms with Gasteiger partial charge in [-0.1, -0.05) is 72.8 Å². The monoisotopic (exact) mass is 498 g/mol. The minimum atomic E-state index is -1.06. The molecule has 0 spiro atoms. The highest BCUT2D eigenvalue weighted by atomic mass is 16.5. The first kappa shape index (κ1) is 25.7. The molecule has 0 unspecified atom stereocenters. The molecule has 8 heteroatoms. The molecule has 0 aliphatic carbocycles. The standard InChI is InChI=1S/C29H30N4O4/c1-37-26-14-12-25(13-15-26)29(23-8-4-2-5-9-23,24-10-6-3-7-11-24)31-17-19-33(21-28(35)36)27(34)20-32-18-16-30-22-32/h2-16,18,22,31H,17,19-21H2,1H3,(H,35,36). The molecule has 0 atom stereocenters. The Hall–Kier alpha value is -4.43. The lowest BCUT2D eigenvalue weighted by Gasteiger charge is -2.38. The number of aromatic nitrogens is 2. The molecule has 0 radical (unpaired) electrons. The summed E-state index contributed by atoms with van der Waals surface area (Å²) in [6, 6.07) is 28.0. The first-order valence-corrected chi connectivity index (χ1v) is 12.0. The maximum atomic E-state index is 13.0. The highest BCUT2D eigenvalue weighted by Crippen LogP contribution is 2.37. The van der Waals surface area contributed by atoms with Gasteiger partial charge in [-0.25, -0.2) is 4.98 Å². The third-order valence-corrected chi connectivity index (χ3v) is 6.26. The van der Waals surface area contributed by atoms with Gasteiger partial charge in [0.15, 0.2) is 0 Å². The highest BCUT2D eigenvalue weighted by Gasteiger charge is 2.36. The van der Waals surface area contributed by atoms with E-state index in [9.17, 15) is 14.7 Å². The van der Waals surface area contributed by atoms with Crippen LogP contribution in [0.25, 0.3) is 0 Å². The summed E-state index contributed by atoms with van der Waals surface area (Å²) in [5.41, 5.74) is 2.26. The first-order valence-electron chi connectivity index (χ1n) is 12.0. The van der Waals surface area contributed by atoms with E-state index in [0.29, 0.717) is 6.54 Å². The van der Waals surface area contributed by atoms with E-state index in [1.54, 1.807) is 24.1 Å². The van der Waals surface area contributed by atoms with Crippen LogP contribution in [0.5, 0.6) is 5.75 Å². The SMILES string of the molecule is COc1ccc(C(NCCN(CC(=O)O)C(=O)Cn2ccnc2)(c2ccccc2)c2ccccc2)cc1. The summed E-state index contributed by atoms with van der Waals surface area (Å²) in [5, 5.41) is 13.1. The lowest BCUT2D eigenvalue weighted by Crippen LogP contribution is -2.49. The molecule has 8 nitrogen and oxygen atoms in total. The van der Waals surface area contributed by atoms with Gasteiger partial charge in [0.1, 0.15) is 18.8 Å². The van der Waals surface area contributed by atoms with Gasteiger partial charge in [-0.3, -0.25) is 14.9 Å². The maximum absolute atomic E-state index is 13.0. The minimum Gasteiger partial charge on any atom is -0.497 e. The van der Waals surface area contributed by atoms with Crippen molar-refractivity contribution in [1.29, 1.82) is 0 Å². The van der Waals surface area contributed by atoms with Crippen LogP contribution in [-0.4, -0.2) is 58.2 Å². The van der Waals surface area contributed by atoms with Crippen molar-refractivity contribution in [2.75, 3.05) is 26.7 Å². The number of rotatable bonds is 12. The number of aliphatic carboxylic acids is 1. The number of amides is 1. The Kier molecular flexibility index (Phi) is 8.33. The number of nitrogens with zero attached hydrogens (tertiary/aromatic N) is 3. The van der Waals surface area contributed by atoms with Crippen LogP contribution in [0.1, 0.15) is 16.7 Å². The number of nitrogens with one attached hydrogen (secondary N) is 1. The lowest BCUT2D eigenvalue weighted by atomic mass is 9.77. The van der Waals surface area contributed by atoms with Crippen LogP contribution in [0.2, 0.25) is 0 Å². The van der Waals surface area contributed by atoms with Crippen molar-refractivity contribution in [2.24, 2.45) is 0 Å². The van der Waals surface area contributed by atoms with E-state index in [1.165, 1.54) is 11.2 Å². The van der Waals surface area contributed by atoms with Gasteiger partial charge in [-0.15, -0.1) is 0 Å². The molecule has 0 saturated carbocycles. The first-order chi connectivity index (χ1) is 18.0. The fourth-order valence-electron chi connectivity index (χ4n) is 4.49. The van der Waals surface area contributed by atoms with E-state index in [0.717, 1.165) is 22.4 Å². The predicted molar refractivity (Wildman–Crippen MR) is 140 cm³/mol. The van der Waals surface area contributed by atoms with E-state index >= 15 is 0 Å². The molecule has 2 N–H and O–H groups in total. The van der Waals surface area contributed by atoms with Crippen LogP contribution < -0.4 is 10.1 Å². The Morgan fingerprint density at radius 2 is 1.54 bits per heavy atom. The van der Waals surface area contributed by atoms with Gasteiger partial charge in [0.25, 0.3) is 0 Å². The summed E-state index contributed by atoms with van der Waals surface area (Å²) in [5.74, 6) is -0.611. The van der Waals surface area contributed by atoms with Gasteiger partial charge in [0.2, 0.25) is 5.91 Å². The number of carboxylic acid groups (broad SMARTS) is 1. The molecule has 37 heavy (non-hydrogen) atoms. The smallest absolute Gasteiger partial charge is 0.323 e. The molecule has 3 aromatic carbocycles. The predicted octanol–water partition coefficient (Wildman–Crippen LogP) is 3.39. The molecule has 0 saturated heterocycles. The number of benzene rings is 3. The summed E-state index contributed by atoms with van der Waals surface area (Å²) < 4.78 is 7.01. The van der Waals surface area contributed by atoms with Crippen molar-refractivity contribution < 1.29 is 19.4 Å². The van der Waals surface area contributed by atoms with Crippen molar-refractivity contribution in [3.05, 3.63) is 120 Å². The Morgan fingerprint density at radius 3 is 2.05 bits per heavy atom. The number of imidazole rings is 1. The largest absolute Gasteiger partial charge is 0.497 e. The summed E-state index contributed by atoms with van der Waals surface area (Å²) in [6.45, 7) is 0.186. The third kappa shape index (κ3) is 6.05. The van der Waals surface area contributed by atoms with Gasteiger partial charge in [-0.05, 0) is 28.8 Å². The number of hydrogen-bond donors (Lipinski definition) is 2. The molecule has 1 amide bonds. The zero-order valence-electron chi connectivity index (χ0n) is 20.7. The van der Waals surface area contributed by atoms with E-state index in [2.05, 4.69) is 34.6 Å². The van der Waals surface area contributed by atoms with Crippen LogP contribution in [0.4, 0.5) is 0 Å². The third-order valence-electron chi connectivity index (χ3n) is 6.26. The topological polar surface area (TPSA) is 96.7 Å². The average molecular weight is 499 g/mol. The highest BCUT2D eigenvalue weighted by molar-refractivity contribution is 5.81. The zero-order valence-corrected chi connectivity index (χ0v) is 20.7. The van der Waals surface area contributed by atoms with Gasteiger partial charge < -0.3 is 19.3 Å². The van der Waals surface area contributed by atoms with Crippen LogP contribution in [-0.2, 0) is 21.7 Å². The minimum absolute atomic E-state index is 0.0221. The number of carbonyl (C=O) groups excluding carboxylic acids is 1. The molecule has 1 aromatic heterocycles. The quantitative estimate of drug-likeness (QED) is 0.291. The number of hydrogen-bond acceptors (Lipinski definition) is 5. The molecule has 0 aliphatic rings. The zero-order chi connectivity index (χ0) is 26.1. The second kappa shape index (κ2) is 12.0. The van der Waals surface area contributed by atoms with Crippen LogP contribution in [0.3, 0.4) is 0 Å². The Bertz CT molecular complexity index is 1240. The van der Waals surface area contributed by atoms with Crippen LogP contribution in [0, 0.1) is 0 Å². The molecular formula is C29H30N4O4. The van der Waals surface area contributed by atoms with E-state index < -0.39 is 11.5 Å². The van der Waals surface area contributed by atoms with Crippen molar-refractivity contribution in [1.82, 2.24) is 19.8 Å². The molecule has 4 aromatic rings. The van der Waals surface area contributed by atoms with Crippen LogP contribution in [0.15, 0.2) is 104 Å². The van der Waals surface area contributed by atoms with E-state index in [-0.39, 0.29) is 25.5 Å². The summed E-state index contributed by atoms with van der Waals surface area (Å²) in [4.78, 5) is 29.8. The molecular weight excluding hydrogens is 468 g/mol. The number of ether oxygens (including phenoxy) is 1.